The number of aromatic hydroxyl groups is 1. The maximum Gasteiger partial charge on any atom is 0.175 e. The minimum atomic E-state index is -0.855. The van der Waals surface area contributed by atoms with Gasteiger partial charge in [-0.3, -0.25) is 0 Å². The number of fused-ring (bicyclic) bond motifs is 1. The lowest BCUT2D eigenvalue weighted by Crippen LogP contribution is -2.25. The summed E-state index contributed by atoms with van der Waals surface area (Å²) in [5.74, 6) is 1.14. The molecule has 1 N–H and O–H groups in total. The summed E-state index contributed by atoms with van der Waals surface area (Å²) >= 11 is 0. The molecule has 4 rings (SSSR count). The minimum Gasteiger partial charge on any atom is -0.505 e. The normalized spacial score (nSPS) is 26.9. The van der Waals surface area contributed by atoms with Crippen molar-refractivity contribution in [1.82, 2.24) is 0 Å². The van der Waals surface area contributed by atoms with E-state index >= 15 is 0 Å². The molecule has 2 fully saturated rings. The van der Waals surface area contributed by atoms with E-state index in [2.05, 4.69) is 6.92 Å². The van der Waals surface area contributed by atoms with Crippen LogP contribution in [0.4, 0.5) is 8.78 Å². The number of hydrogen-bond donors (Lipinski definition) is 1. The van der Waals surface area contributed by atoms with E-state index in [-0.39, 0.29) is 5.39 Å². The molecule has 1 nitrogen and oxygen atoms in total. The first kappa shape index (κ1) is 22.6. The predicted molar refractivity (Wildman–Crippen MR) is 124 cm³/mol. The molecule has 0 atom stereocenters. The van der Waals surface area contributed by atoms with Crippen LogP contribution >= 0.6 is 0 Å². The predicted octanol–water partition coefficient (Wildman–Crippen LogP) is 8.87. The zero-order valence-corrected chi connectivity index (χ0v) is 19.0. The number of hydrogen-bond acceptors (Lipinski definition) is 1. The first-order valence-corrected chi connectivity index (χ1v) is 12.7. The van der Waals surface area contributed by atoms with Gasteiger partial charge in [-0.25, -0.2) is 8.78 Å². The maximum absolute atomic E-state index is 14.6. The second-order valence-electron chi connectivity index (χ2n) is 10.2. The van der Waals surface area contributed by atoms with Crippen LogP contribution in [0.5, 0.6) is 5.75 Å². The van der Waals surface area contributed by atoms with Gasteiger partial charge in [0, 0.05) is 0 Å². The lowest BCUT2D eigenvalue weighted by molar-refractivity contribution is 0.155. The third kappa shape index (κ3) is 5.23. The highest BCUT2D eigenvalue weighted by Crippen LogP contribution is 2.45. The highest BCUT2D eigenvalue weighted by atomic mass is 19.1. The van der Waals surface area contributed by atoms with E-state index in [1.165, 1.54) is 82.8 Å². The van der Waals surface area contributed by atoms with Crippen LogP contribution in [0, 0.1) is 29.4 Å². The summed E-state index contributed by atoms with van der Waals surface area (Å²) in [5.41, 5.74) is 0.990. The van der Waals surface area contributed by atoms with Gasteiger partial charge in [0.1, 0.15) is 5.82 Å². The van der Waals surface area contributed by atoms with Gasteiger partial charge in [0.2, 0.25) is 0 Å². The monoisotopic (exact) mass is 428 g/mol. The molecule has 0 bridgehead atoms. The van der Waals surface area contributed by atoms with Crippen LogP contribution in [-0.2, 0) is 0 Å². The number of halogens is 2. The Balaban J connectivity index is 1.30. The smallest absolute Gasteiger partial charge is 0.175 e. The number of benzene rings is 2. The number of phenolic OH excluding ortho intramolecular Hbond substituents is 1. The van der Waals surface area contributed by atoms with Crippen LogP contribution in [0.1, 0.15) is 102 Å². The van der Waals surface area contributed by atoms with Crippen molar-refractivity contribution in [2.75, 3.05) is 0 Å². The summed E-state index contributed by atoms with van der Waals surface area (Å²) in [6.07, 6.45) is 17.3. The van der Waals surface area contributed by atoms with E-state index in [1.807, 2.05) is 6.07 Å². The number of rotatable bonds is 7. The molecule has 170 valence electrons. The van der Waals surface area contributed by atoms with Crippen molar-refractivity contribution in [3.05, 3.63) is 41.5 Å². The molecular formula is C28H38F2O. The molecule has 2 aliphatic carbocycles. The molecule has 2 aromatic carbocycles. The van der Waals surface area contributed by atoms with E-state index in [0.29, 0.717) is 11.3 Å². The minimum absolute atomic E-state index is 0.0936. The van der Waals surface area contributed by atoms with Gasteiger partial charge in [-0.05, 0) is 85.3 Å². The Labute approximate surface area is 186 Å². The maximum atomic E-state index is 14.6. The molecule has 0 saturated heterocycles. The summed E-state index contributed by atoms with van der Waals surface area (Å²) < 4.78 is 28.8. The average Bonchev–Trinajstić information content (AvgIpc) is 2.79. The molecule has 0 heterocycles. The molecule has 2 saturated carbocycles. The Morgan fingerprint density at radius 1 is 0.839 bits per heavy atom. The lowest BCUT2D eigenvalue weighted by atomic mass is 9.68. The molecular weight excluding hydrogens is 390 g/mol. The van der Waals surface area contributed by atoms with E-state index in [1.54, 1.807) is 6.07 Å². The molecule has 2 aliphatic rings. The van der Waals surface area contributed by atoms with Crippen molar-refractivity contribution in [1.29, 1.82) is 0 Å². The molecule has 0 spiro atoms. The van der Waals surface area contributed by atoms with Crippen molar-refractivity contribution in [2.45, 2.75) is 96.3 Å². The summed E-state index contributed by atoms with van der Waals surface area (Å²) in [4.78, 5) is 0. The fourth-order valence-corrected chi connectivity index (χ4v) is 6.35. The zero-order chi connectivity index (χ0) is 21.8. The Morgan fingerprint density at radius 3 is 2.19 bits per heavy atom. The fraction of sp³-hybridized carbons (Fsp3) is 0.643. The second-order valence-corrected chi connectivity index (χ2v) is 10.2. The van der Waals surface area contributed by atoms with E-state index < -0.39 is 17.4 Å². The van der Waals surface area contributed by atoms with E-state index in [0.717, 1.165) is 36.2 Å². The van der Waals surface area contributed by atoms with Crippen LogP contribution in [-0.4, -0.2) is 5.11 Å². The van der Waals surface area contributed by atoms with Crippen molar-refractivity contribution >= 4 is 10.8 Å². The molecule has 0 amide bonds. The Morgan fingerprint density at radius 2 is 1.52 bits per heavy atom. The highest BCUT2D eigenvalue weighted by Gasteiger charge is 2.31. The topological polar surface area (TPSA) is 20.2 Å². The van der Waals surface area contributed by atoms with Gasteiger partial charge in [-0.1, -0.05) is 64.0 Å². The summed E-state index contributed by atoms with van der Waals surface area (Å²) in [6.45, 7) is 2.28. The quantitative estimate of drug-likeness (QED) is 0.437. The SMILES string of the molecule is CCCCCCC1CCC(C2CCC(c3cc(F)c4c(F)c(O)ccc4c3)CC2)CC1. The van der Waals surface area contributed by atoms with Gasteiger partial charge in [0.05, 0.1) is 5.39 Å². The van der Waals surface area contributed by atoms with Crippen molar-refractivity contribution in [2.24, 2.45) is 17.8 Å². The fourth-order valence-electron chi connectivity index (χ4n) is 6.35. The third-order valence-electron chi connectivity index (χ3n) is 8.28. The Bertz CT molecular complexity index is 861. The molecule has 0 aliphatic heterocycles. The van der Waals surface area contributed by atoms with Crippen LogP contribution < -0.4 is 0 Å². The molecule has 0 unspecified atom stereocenters. The second kappa shape index (κ2) is 10.3. The van der Waals surface area contributed by atoms with E-state index in [4.69, 9.17) is 0 Å². The zero-order valence-electron chi connectivity index (χ0n) is 19.0. The van der Waals surface area contributed by atoms with Crippen molar-refractivity contribution < 1.29 is 13.9 Å². The van der Waals surface area contributed by atoms with Gasteiger partial charge in [-0.15, -0.1) is 0 Å². The lowest BCUT2D eigenvalue weighted by Gasteiger charge is -2.38. The van der Waals surface area contributed by atoms with Gasteiger partial charge in [0.15, 0.2) is 11.6 Å². The number of phenols is 1. The van der Waals surface area contributed by atoms with Gasteiger partial charge >= 0.3 is 0 Å². The first-order valence-electron chi connectivity index (χ1n) is 12.7. The van der Waals surface area contributed by atoms with Crippen LogP contribution in [0.25, 0.3) is 10.8 Å². The molecule has 0 aromatic heterocycles. The largest absolute Gasteiger partial charge is 0.505 e. The van der Waals surface area contributed by atoms with Crippen LogP contribution in [0.15, 0.2) is 24.3 Å². The summed E-state index contributed by atoms with van der Waals surface area (Å²) in [5, 5.41) is 10.0. The van der Waals surface area contributed by atoms with Gasteiger partial charge in [-0.2, -0.15) is 0 Å². The number of unbranched alkanes of at least 4 members (excludes halogenated alkanes) is 3. The molecule has 3 heteroatoms. The standard InChI is InChI=1S/C28H38F2O/c1-2-3-4-5-6-19-7-9-20(10-8-19)21-11-13-22(14-12-21)24-17-23-15-16-26(31)28(30)27(23)25(29)18-24/h15-22,31H,2-14H2,1H3. The Kier molecular flexibility index (Phi) is 7.51. The summed E-state index contributed by atoms with van der Waals surface area (Å²) in [6, 6.07) is 6.36. The molecule has 0 radical (unpaired) electrons. The van der Waals surface area contributed by atoms with Crippen molar-refractivity contribution in [3.63, 3.8) is 0 Å². The van der Waals surface area contributed by atoms with E-state index in [9.17, 15) is 13.9 Å². The first-order chi connectivity index (χ1) is 15.1. The average molecular weight is 429 g/mol. The van der Waals surface area contributed by atoms with Gasteiger partial charge in [0.25, 0.3) is 0 Å². The molecule has 31 heavy (non-hydrogen) atoms. The van der Waals surface area contributed by atoms with Crippen LogP contribution in [0.3, 0.4) is 0 Å². The van der Waals surface area contributed by atoms with Crippen molar-refractivity contribution in [3.8, 4) is 5.75 Å². The third-order valence-corrected chi connectivity index (χ3v) is 8.28. The Hall–Kier alpha value is -1.64. The molecule has 2 aromatic rings. The summed E-state index contributed by atoms with van der Waals surface area (Å²) in [7, 11) is 0. The van der Waals surface area contributed by atoms with Gasteiger partial charge < -0.3 is 5.11 Å². The highest BCUT2D eigenvalue weighted by molar-refractivity contribution is 5.86. The van der Waals surface area contributed by atoms with Crippen LogP contribution in [0.2, 0.25) is 0 Å².